The number of anilines is 2. The summed E-state index contributed by atoms with van der Waals surface area (Å²) in [5.74, 6) is 0. The van der Waals surface area contributed by atoms with E-state index < -0.39 is 17.8 Å². The number of nitrogens with zero attached hydrogens (tertiary/aromatic N) is 2. The van der Waals surface area contributed by atoms with E-state index in [0.29, 0.717) is 5.69 Å². The molecule has 27 heavy (non-hydrogen) atoms. The molecule has 2 amide bonds. The summed E-state index contributed by atoms with van der Waals surface area (Å²) in [6.45, 7) is 3.59. The summed E-state index contributed by atoms with van der Waals surface area (Å²) in [7, 11) is 0. The number of hydrogen-bond donors (Lipinski definition) is 2. The average molecular weight is 378 g/mol. The molecule has 5 nitrogen and oxygen atoms in total. The van der Waals surface area contributed by atoms with Crippen LogP contribution in [0, 0.1) is 6.92 Å². The number of amides is 2. The van der Waals surface area contributed by atoms with Crippen molar-refractivity contribution in [1.82, 2.24) is 10.3 Å². The minimum atomic E-state index is -4.47. The number of rotatable bonds is 4. The number of aryl methyl sites for hydroxylation is 1. The van der Waals surface area contributed by atoms with Crippen molar-refractivity contribution in [3.05, 3.63) is 53.3 Å². The molecule has 3 rings (SSSR count). The molecule has 1 aliphatic heterocycles. The van der Waals surface area contributed by atoms with Gasteiger partial charge in [0.15, 0.2) is 0 Å². The lowest BCUT2D eigenvalue weighted by atomic mass is 10.1. The number of carbonyl (C=O) groups excluding carboxylic acids is 1. The first kappa shape index (κ1) is 19.0. The Kier molecular flexibility index (Phi) is 5.53. The van der Waals surface area contributed by atoms with Crippen molar-refractivity contribution < 1.29 is 18.0 Å². The zero-order valence-electron chi connectivity index (χ0n) is 14.9. The molecule has 1 aliphatic rings. The summed E-state index contributed by atoms with van der Waals surface area (Å²) in [6.07, 6.45) is -0.854. The van der Waals surface area contributed by atoms with Crippen LogP contribution < -0.4 is 15.5 Å². The molecule has 0 bridgehead atoms. The van der Waals surface area contributed by atoms with Crippen molar-refractivity contribution in [2.45, 2.75) is 32.5 Å². The smallest absolute Gasteiger partial charge is 0.370 e. The fourth-order valence-corrected chi connectivity index (χ4v) is 3.09. The molecule has 0 unspecified atom stereocenters. The van der Waals surface area contributed by atoms with Gasteiger partial charge in [-0.1, -0.05) is 6.07 Å². The molecule has 0 aliphatic carbocycles. The van der Waals surface area contributed by atoms with Crippen LogP contribution >= 0.6 is 0 Å². The van der Waals surface area contributed by atoms with Crippen molar-refractivity contribution >= 4 is 17.4 Å². The number of nitrogens with one attached hydrogen (secondary N) is 2. The van der Waals surface area contributed by atoms with Crippen molar-refractivity contribution in [3.8, 4) is 0 Å². The Morgan fingerprint density at radius 2 is 1.96 bits per heavy atom. The molecule has 2 aromatic rings. The third-order valence-electron chi connectivity index (χ3n) is 4.57. The number of alkyl halides is 3. The van der Waals surface area contributed by atoms with E-state index in [1.165, 1.54) is 6.07 Å². The summed E-state index contributed by atoms with van der Waals surface area (Å²) < 4.78 is 39.2. The zero-order chi connectivity index (χ0) is 19.4. The van der Waals surface area contributed by atoms with Crippen LogP contribution in [-0.4, -0.2) is 24.1 Å². The Labute approximate surface area is 155 Å². The van der Waals surface area contributed by atoms with Crippen LogP contribution in [0.15, 0.2) is 36.5 Å². The fraction of sp³-hybridized carbons (Fsp3) is 0.368. The Morgan fingerprint density at radius 3 is 2.63 bits per heavy atom. The van der Waals surface area contributed by atoms with E-state index in [4.69, 9.17) is 0 Å². The van der Waals surface area contributed by atoms with E-state index in [0.717, 1.165) is 49.3 Å². The third-order valence-corrected chi connectivity index (χ3v) is 4.57. The summed E-state index contributed by atoms with van der Waals surface area (Å²) in [6, 6.07) is 6.51. The molecule has 0 spiro atoms. The minimum Gasteiger partial charge on any atom is -0.370 e. The van der Waals surface area contributed by atoms with Crippen molar-refractivity contribution in [2.75, 3.05) is 23.3 Å². The van der Waals surface area contributed by atoms with Gasteiger partial charge in [-0.25, -0.2) is 4.79 Å². The number of pyridine rings is 1. The van der Waals surface area contributed by atoms with Crippen molar-refractivity contribution in [3.63, 3.8) is 0 Å². The average Bonchev–Trinajstić information content (AvgIpc) is 3.14. The largest absolute Gasteiger partial charge is 0.416 e. The normalized spacial score (nSPS) is 14.3. The molecular weight excluding hydrogens is 357 g/mol. The maximum absolute atomic E-state index is 13.1. The van der Waals surface area contributed by atoms with E-state index in [-0.39, 0.29) is 12.2 Å². The second kappa shape index (κ2) is 7.85. The molecule has 0 saturated carbocycles. The van der Waals surface area contributed by atoms with E-state index in [2.05, 4.69) is 15.6 Å². The summed E-state index contributed by atoms with van der Waals surface area (Å²) in [5.41, 5.74) is 1.61. The molecule has 0 radical (unpaired) electrons. The van der Waals surface area contributed by atoms with E-state index >= 15 is 0 Å². The van der Waals surface area contributed by atoms with E-state index in [9.17, 15) is 18.0 Å². The second-order valence-electron chi connectivity index (χ2n) is 6.48. The van der Waals surface area contributed by atoms with Gasteiger partial charge in [0.05, 0.1) is 16.9 Å². The monoisotopic (exact) mass is 378 g/mol. The molecule has 2 N–H and O–H groups in total. The standard InChI is InChI=1S/C19H21F3N4O/c1-13-14(5-4-8-23-13)12-24-18(27)25-16-11-15(19(20,21)22)6-7-17(16)26-9-2-3-10-26/h4-8,11H,2-3,9-10,12H2,1H3,(H2,24,25,27). The van der Waals surface area contributed by atoms with Crippen LogP contribution in [0.5, 0.6) is 0 Å². The zero-order valence-corrected chi connectivity index (χ0v) is 14.9. The topological polar surface area (TPSA) is 57.3 Å². The van der Waals surface area contributed by atoms with Crippen LogP contribution in [-0.2, 0) is 12.7 Å². The molecule has 144 valence electrons. The van der Waals surface area contributed by atoms with Gasteiger partial charge < -0.3 is 15.5 Å². The van der Waals surface area contributed by atoms with Gasteiger partial charge in [0.2, 0.25) is 0 Å². The van der Waals surface area contributed by atoms with Gasteiger partial charge in [-0.2, -0.15) is 13.2 Å². The Hall–Kier alpha value is -2.77. The number of benzene rings is 1. The molecule has 0 atom stereocenters. The number of aromatic nitrogens is 1. The highest BCUT2D eigenvalue weighted by molar-refractivity contribution is 5.93. The lowest BCUT2D eigenvalue weighted by molar-refractivity contribution is -0.137. The highest BCUT2D eigenvalue weighted by Crippen LogP contribution is 2.36. The first-order valence-corrected chi connectivity index (χ1v) is 8.76. The molecule has 2 heterocycles. The molecule has 1 fully saturated rings. The summed E-state index contributed by atoms with van der Waals surface area (Å²) >= 11 is 0. The minimum absolute atomic E-state index is 0.159. The predicted molar refractivity (Wildman–Crippen MR) is 97.7 cm³/mol. The van der Waals surface area contributed by atoms with Gasteiger partial charge in [0.25, 0.3) is 0 Å². The molecule has 1 aromatic heterocycles. The van der Waals surface area contributed by atoms with E-state index in [1.807, 2.05) is 17.9 Å². The molecule has 1 aromatic carbocycles. The second-order valence-corrected chi connectivity index (χ2v) is 6.48. The van der Waals surface area contributed by atoms with Crippen LogP contribution in [0.4, 0.5) is 29.3 Å². The fourth-order valence-electron chi connectivity index (χ4n) is 3.09. The number of hydrogen-bond acceptors (Lipinski definition) is 3. The summed E-state index contributed by atoms with van der Waals surface area (Å²) in [5, 5.41) is 5.25. The maximum Gasteiger partial charge on any atom is 0.416 e. The predicted octanol–water partition coefficient (Wildman–Crippen LogP) is 4.33. The third kappa shape index (κ3) is 4.69. The highest BCUT2D eigenvalue weighted by atomic mass is 19.4. The number of urea groups is 1. The maximum atomic E-state index is 13.1. The quantitative estimate of drug-likeness (QED) is 0.833. The van der Waals surface area contributed by atoms with Crippen LogP contribution in [0.3, 0.4) is 0 Å². The van der Waals surface area contributed by atoms with Gasteiger partial charge >= 0.3 is 12.2 Å². The van der Waals surface area contributed by atoms with Crippen molar-refractivity contribution in [2.24, 2.45) is 0 Å². The lowest BCUT2D eigenvalue weighted by Crippen LogP contribution is -2.30. The molecule has 1 saturated heterocycles. The molecular formula is C19H21F3N4O. The summed E-state index contributed by atoms with van der Waals surface area (Å²) in [4.78, 5) is 18.4. The van der Waals surface area contributed by atoms with Gasteiger partial charge in [-0.15, -0.1) is 0 Å². The van der Waals surface area contributed by atoms with Crippen LogP contribution in [0.25, 0.3) is 0 Å². The first-order valence-electron chi connectivity index (χ1n) is 8.76. The van der Waals surface area contributed by atoms with Gasteiger partial charge in [-0.3, -0.25) is 4.98 Å². The van der Waals surface area contributed by atoms with Gasteiger partial charge in [0.1, 0.15) is 0 Å². The Bertz CT molecular complexity index is 817. The first-order chi connectivity index (χ1) is 12.8. The Balaban J connectivity index is 1.76. The Morgan fingerprint density at radius 1 is 1.22 bits per heavy atom. The van der Waals surface area contributed by atoms with E-state index in [1.54, 1.807) is 12.3 Å². The van der Waals surface area contributed by atoms with Crippen LogP contribution in [0.1, 0.15) is 29.7 Å². The molecule has 8 heteroatoms. The van der Waals surface area contributed by atoms with Gasteiger partial charge in [0, 0.05) is 31.5 Å². The number of halogens is 3. The SMILES string of the molecule is Cc1ncccc1CNC(=O)Nc1cc(C(F)(F)F)ccc1N1CCCC1. The highest BCUT2D eigenvalue weighted by Gasteiger charge is 2.32. The number of carbonyl (C=O) groups is 1. The van der Waals surface area contributed by atoms with Crippen LogP contribution in [0.2, 0.25) is 0 Å². The van der Waals surface area contributed by atoms with Gasteiger partial charge in [-0.05, 0) is 49.6 Å². The lowest BCUT2D eigenvalue weighted by Gasteiger charge is -2.23. The van der Waals surface area contributed by atoms with Crippen molar-refractivity contribution in [1.29, 1.82) is 0 Å².